The van der Waals surface area contributed by atoms with E-state index in [1.54, 1.807) is 42.5 Å². The van der Waals surface area contributed by atoms with E-state index in [1.807, 2.05) is 6.07 Å². The SMILES string of the molecule is COc1ccc([C@@H](CCC/C=C/C(=O)NO)OC(=O)Nc2ccccc2)cc1O. The number of phenols is 1. The van der Waals surface area contributed by atoms with Gasteiger partial charge in [-0.25, -0.2) is 10.3 Å². The molecule has 2 amide bonds. The van der Waals surface area contributed by atoms with Crippen molar-refractivity contribution < 1.29 is 29.4 Å². The second-order valence-corrected chi connectivity index (χ2v) is 6.13. The lowest BCUT2D eigenvalue weighted by Crippen LogP contribution is -2.17. The van der Waals surface area contributed by atoms with Gasteiger partial charge >= 0.3 is 6.09 Å². The molecule has 0 saturated heterocycles. The van der Waals surface area contributed by atoms with Crippen LogP contribution in [0.2, 0.25) is 0 Å². The van der Waals surface area contributed by atoms with Crippen LogP contribution in [0.4, 0.5) is 10.5 Å². The second kappa shape index (κ2) is 11.4. The summed E-state index contributed by atoms with van der Waals surface area (Å²) >= 11 is 0. The van der Waals surface area contributed by atoms with Gasteiger partial charge in [0.1, 0.15) is 6.10 Å². The highest BCUT2D eigenvalue weighted by Gasteiger charge is 2.18. The second-order valence-electron chi connectivity index (χ2n) is 6.13. The molecule has 0 aliphatic carbocycles. The summed E-state index contributed by atoms with van der Waals surface area (Å²) in [6.45, 7) is 0. The summed E-state index contributed by atoms with van der Waals surface area (Å²) in [6.07, 6.45) is 3.19. The molecule has 2 aromatic carbocycles. The van der Waals surface area contributed by atoms with E-state index in [0.717, 1.165) is 0 Å². The number of benzene rings is 2. The zero-order chi connectivity index (χ0) is 21.1. The third-order valence-electron chi connectivity index (χ3n) is 4.06. The molecule has 2 rings (SSSR count). The topological polar surface area (TPSA) is 117 Å². The number of hydroxylamine groups is 1. The van der Waals surface area contributed by atoms with Crippen LogP contribution in [0.1, 0.15) is 30.9 Å². The summed E-state index contributed by atoms with van der Waals surface area (Å²) in [4.78, 5) is 23.3. The molecule has 0 heterocycles. The van der Waals surface area contributed by atoms with Gasteiger partial charge in [-0.15, -0.1) is 0 Å². The Labute approximate surface area is 168 Å². The first kappa shape index (κ1) is 21.8. The highest BCUT2D eigenvalue weighted by atomic mass is 16.6. The molecular formula is C21H24N2O6. The van der Waals surface area contributed by atoms with Gasteiger partial charge in [0.15, 0.2) is 11.5 Å². The third kappa shape index (κ3) is 7.19. The van der Waals surface area contributed by atoms with E-state index in [9.17, 15) is 14.7 Å². The lowest BCUT2D eigenvalue weighted by atomic mass is 10.0. The van der Waals surface area contributed by atoms with Crippen LogP contribution in [0.3, 0.4) is 0 Å². The Kier molecular flexibility index (Phi) is 8.52. The van der Waals surface area contributed by atoms with Gasteiger partial charge in [0.25, 0.3) is 5.91 Å². The number of aromatic hydroxyl groups is 1. The number of carbonyl (C=O) groups excluding carboxylic acids is 2. The largest absolute Gasteiger partial charge is 0.504 e. The van der Waals surface area contributed by atoms with E-state index in [4.69, 9.17) is 14.7 Å². The Morgan fingerprint density at radius 1 is 1.17 bits per heavy atom. The fourth-order valence-electron chi connectivity index (χ4n) is 2.65. The molecule has 8 nitrogen and oxygen atoms in total. The van der Waals surface area contributed by atoms with E-state index < -0.39 is 18.1 Å². The highest BCUT2D eigenvalue weighted by molar-refractivity contribution is 5.86. The fourth-order valence-corrected chi connectivity index (χ4v) is 2.65. The van der Waals surface area contributed by atoms with Crippen LogP contribution in [-0.2, 0) is 9.53 Å². The summed E-state index contributed by atoms with van der Waals surface area (Å²) in [6, 6.07) is 13.7. The maximum Gasteiger partial charge on any atom is 0.412 e. The normalized spacial score (nSPS) is 11.7. The number of carbonyl (C=O) groups is 2. The molecule has 8 heteroatoms. The molecule has 0 aliphatic heterocycles. The highest BCUT2D eigenvalue weighted by Crippen LogP contribution is 2.32. The lowest BCUT2D eigenvalue weighted by molar-refractivity contribution is -0.124. The van der Waals surface area contributed by atoms with Crippen LogP contribution in [0.25, 0.3) is 0 Å². The van der Waals surface area contributed by atoms with Crippen LogP contribution in [-0.4, -0.2) is 29.4 Å². The molecule has 0 aliphatic rings. The molecule has 1 atom stereocenters. The van der Waals surface area contributed by atoms with E-state index >= 15 is 0 Å². The van der Waals surface area contributed by atoms with Crippen LogP contribution in [0.15, 0.2) is 60.7 Å². The number of para-hydroxylation sites is 1. The molecule has 0 aromatic heterocycles. The molecule has 0 saturated carbocycles. The van der Waals surface area contributed by atoms with Crippen molar-refractivity contribution in [3.05, 3.63) is 66.2 Å². The van der Waals surface area contributed by atoms with Gasteiger partial charge in [-0.2, -0.15) is 0 Å². The molecule has 29 heavy (non-hydrogen) atoms. The number of hydrogen-bond donors (Lipinski definition) is 4. The summed E-state index contributed by atoms with van der Waals surface area (Å²) < 4.78 is 10.6. The molecule has 0 radical (unpaired) electrons. The minimum absolute atomic E-state index is 0.0541. The maximum atomic E-state index is 12.3. The first-order valence-electron chi connectivity index (χ1n) is 9.03. The van der Waals surface area contributed by atoms with Crippen LogP contribution in [0.5, 0.6) is 11.5 Å². The summed E-state index contributed by atoms with van der Waals surface area (Å²) in [5.74, 6) is -0.346. The van der Waals surface area contributed by atoms with Crippen molar-refractivity contribution in [1.82, 2.24) is 5.48 Å². The first-order chi connectivity index (χ1) is 14.0. The van der Waals surface area contributed by atoms with E-state index in [0.29, 0.717) is 36.3 Å². The van der Waals surface area contributed by atoms with Gasteiger partial charge in [-0.3, -0.25) is 15.3 Å². The van der Waals surface area contributed by atoms with Crippen molar-refractivity contribution in [2.24, 2.45) is 0 Å². The smallest absolute Gasteiger partial charge is 0.412 e. The minimum Gasteiger partial charge on any atom is -0.504 e. The first-order valence-corrected chi connectivity index (χ1v) is 9.03. The Morgan fingerprint density at radius 2 is 1.93 bits per heavy atom. The van der Waals surface area contributed by atoms with Crippen molar-refractivity contribution in [2.45, 2.75) is 25.4 Å². The monoisotopic (exact) mass is 400 g/mol. The number of ether oxygens (including phenoxy) is 2. The van der Waals surface area contributed by atoms with Crippen molar-refractivity contribution >= 4 is 17.7 Å². The molecule has 0 spiro atoms. The maximum absolute atomic E-state index is 12.3. The van der Waals surface area contributed by atoms with Gasteiger partial charge < -0.3 is 14.6 Å². The average molecular weight is 400 g/mol. The van der Waals surface area contributed by atoms with E-state index in [2.05, 4.69) is 5.32 Å². The number of phenolic OH excluding ortho intramolecular Hbond substituents is 1. The molecule has 4 N–H and O–H groups in total. The van der Waals surface area contributed by atoms with Crippen molar-refractivity contribution in [2.75, 3.05) is 12.4 Å². The van der Waals surface area contributed by atoms with Gasteiger partial charge in [-0.1, -0.05) is 30.3 Å². The van der Waals surface area contributed by atoms with Gasteiger partial charge in [0, 0.05) is 11.8 Å². The van der Waals surface area contributed by atoms with Crippen molar-refractivity contribution in [3.8, 4) is 11.5 Å². The minimum atomic E-state index is -0.619. The van der Waals surface area contributed by atoms with Crippen molar-refractivity contribution in [3.63, 3.8) is 0 Å². The summed E-state index contributed by atoms with van der Waals surface area (Å²) in [5.41, 5.74) is 2.73. The quantitative estimate of drug-likeness (QED) is 0.219. The van der Waals surface area contributed by atoms with E-state index in [-0.39, 0.29) is 5.75 Å². The molecule has 0 bridgehead atoms. The predicted molar refractivity (Wildman–Crippen MR) is 107 cm³/mol. The number of amides is 2. The van der Waals surface area contributed by atoms with Gasteiger partial charge in [-0.05, 0) is 49.1 Å². The summed E-state index contributed by atoms with van der Waals surface area (Å²) in [7, 11) is 1.45. The Morgan fingerprint density at radius 3 is 2.59 bits per heavy atom. The number of hydrogen-bond acceptors (Lipinski definition) is 6. The van der Waals surface area contributed by atoms with Crippen LogP contribution >= 0.6 is 0 Å². The summed E-state index contributed by atoms with van der Waals surface area (Å²) in [5, 5.41) is 21.2. The number of methoxy groups -OCH3 is 1. The number of unbranched alkanes of at least 4 members (excludes halogenated alkanes) is 1. The van der Waals surface area contributed by atoms with Gasteiger partial charge in [0.05, 0.1) is 7.11 Å². The fraction of sp³-hybridized carbons (Fsp3) is 0.238. The standard InChI is InChI=1S/C21H24N2O6/c1-28-19-13-12-15(14-17(19)24)18(10-6-3-7-11-20(25)23-27)29-21(26)22-16-8-4-2-5-9-16/h2,4-5,7-9,11-14,18,24,27H,3,6,10H2,1H3,(H,22,26)(H,23,25)/b11-7+/t18-/m1/s1. The third-order valence-corrected chi connectivity index (χ3v) is 4.06. The number of rotatable bonds is 9. The zero-order valence-corrected chi connectivity index (χ0v) is 16.0. The van der Waals surface area contributed by atoms with Crippen LogP contribution < -0.4 is 15.5 Å². The molecule has 0 unspecified atom stereocenters. The molecule has 154 valence electrons. The molecule has 2 aromatic rings. The Bertz CT molecular complexity index is 838. The Hall–Kier alpha value is -3.52. The zero-order valence-electron chi connectivity index (χ0n) is 16.0. The van der Waals surface area contributed by atoms with Crippen molar-refractivity contribution in [1.29, 1.82) is 0 Å². The molecule has 0 fully saturated rings. The predicted octanol–water partition coefficient (Wildman–Crippen LogP) is 3.92. The number of allylic oxidation sites excluding steroid dienone is 1. The Balaban J connectivity index is 2.05. The van der Waals surface area contributed by atoms with Crippen LogP contribution in [0, 0.1) is 0 Å². The number of nitrogens with one attached hydrogen (secondary N) is 2. The van der Waals surface area contributed by atoms with E-state index in [1.165, 1.54) is 24.7 Å². The lowest BCUT2D eigenvalue weighted by Gasteiger charge is -2.19. The van der Waals surface area contributed by atoms with Gasteiger partial charge in [0.2, 0.25) is 0 Å². The average Bonchev–Trinajstić information content (AvgIpc) is 2.73. The molecular weight excluding hydrogens is 376 g/mol. The number of anilines is 1.